The van der Waals surface area contributed by atoms with Crippen molar-refractivity contribution in [1.29, 1.82) is 0 Å². The van der Waals surface area contributed by atoms with Gasteiger partial charge in [0.15, 0.2) is 0 Å². The molecule has 1 N–H and O–H groups in total. The van der Waals surface area contributed by atoms with Gasteiger partial charge in [-0.2, -0.15) is 0 Å². The number of hydrogen-bond acceptors (Lipinski definition) is 1. The van der Waals surface area contributed by atoms with Crippen LogP contribution in [0.4, 0.5) is 0 Å². The zero-order chi connectivity index (χ0) is 11.9. The molecule has 0 saturated carbocycles. The van der Waals surface area contributed by atoms with Gasteiger partial charge in [0, 0.05) is 10.4 Å². The topological polar surface area (TPSA) is 28.7 Å². The Morgan fingerprint density at radius 1 is 1.31 bits per heavy atom. The molecule has 0 amide bonds. The standard InChI is InChI=1S/C12H14Cl2N2/c1-4-12(2,3)11-15-9-6-7(13)5-8(14)10(9)16-11/h5-6H,4H2,1-3H3,(H,15,16). The van der Waals surface area contributed by atoms with Crippen molar-refractivity contribution in [3.8, 4) is 0 Å². The number of aromatic nitrogens is 2. The molecule has 2 rings (SSSR count). The Morgan fingerprint density at radius 3 is 2.62 bits per heavy atom. The van der Waals surface area contributed by atoms with Gasteiger partial charge in [0.2, 0.25) is 0 Å². The Labute approximate surface area is 105 Å². The Kier molecular flexibility index (Phi) is 2.89. The maximum absolute atomic E-state index is 6.11. The second-order valence-corrected chi connectivity index (χ2v) is 5.45. The SMILES string of the molecule is CCC(C)(C)c1nc2cc(Cl)cc(Cl)c2[nH]1. The van der Waals surface area contributed by atoms with Gasteiger partial charge in [-0.1, -0.05) is 44.0 Å². The Morgan fingerprint density at radius 2 is 2.00 bits per heavy atom. The molecule has 0 atom stereocenters. The summed E-state index contributed by atoms with van der Waals surface area (Å²) in [6.07, 6.45) is 1.01. The van der Waals surface area contributed by atoms with E-state index in [-0.39, 0.29) is 5.41 Å². The van der Waals surface area contributed by atoms with Crippen molar-refractivity contribution in [1.82, 2.24) is 9.97 Å². The molecule has 0 spiro atoms. The molecule has 0 aliphatic rings. The number of halogens is 2. The smallest absolute Gasteiger partial charge is 0.112 e. The highest BCUT2D eigenvalue weighted by molar-refractivity contribution is 6.38. The minimum Gasteiger partial charge on any atom is -0.340 e. The molecule has 0 bridgehead atoms. The fourth-order valence-corrected chi connectivity index (χ4v) is 2.06. The highest BCUT2D eigenvalue weighted by Crippen LogP contribution is 2.31. The molecular weight excluding hydrogens is 243 g/mol. The highest BCUT2D eigenvalue weighted by Gasteiger charge is 2.22. The number of benzene rings is 1. The third kappa shape index (κ3) is 1.92. The quantitative estimate of drug-likeness (QED) is 0.839. The molecule has 1 aromatic carbocycles. The summed E-state index contributed by atoms with van der Waals surface area (Å²) in [7, 11) is 0. The summed E-state index contributed by atoms with van der Waals surface area (Å²) >= 11 is 12.1. The van der Waals surface area contributed by atoms with Crippen LogP contribution in [0.3, 0.4) is 0 Å². The molecule has 0 radical (unpaired) electrons. The monoisotopic (exact) mass is 256 g/mol. The van der Waals surface area contributed by atoms with Crippen LogP contribution in [0, 0.1) is 0 Å². The predicted octanol–water partition coefficient (Wildman–Crippen LogP) is 4.56. The number of aromatic amines is 1. The molecule has 86 valence electrons. The fourth-order valence-electron chi connectivity index (χ4n) is 1.53. The number of nitrogens with zero attached hydrogens (tertiary/aromatic N) is 1. The van der Waals surface area contributed by atoms with E-state index in [4.69, 9.17) is 23.2 Å². The summed E-state index contributed by atoms with van der Waals surface area (Å²) in [4.78, 5) is 7.83. The molecule has 1 heterocycles. The first-order valence-electron chi connectivity index (χ1n) is 5.29. The van der Waals surface area contributed by atoms with Crippen LogP contribution in [0.2, 0.25) is 10.0 Å². The molecule has 1 aromatic heterocycles. The van der Waals surface area contributed by atoms with Gasteiger partial charge in [-0.05, 0) is 18.6 Å². The van der Waals surface area contributed by atoms with Gasteiger partial charge in [-0.25, -0.2) is 4.98 Å². The minimum absolute atomic E-state index is 0.0226. The second kappa shape index (κ2) is 3.94. The van der Waals surface area contributed by atoms with Crippen LogP contribution >= 0.6 is 23.2 Å². The molecule has 0 saturated heterocycles. The van der Waals surface area contributed by atoms with Gasteiger partial charge >= 0.3 is 0 Å². The number of nitrogens with one attached hydrogen (secondary N) is 1. The van der Waals surface area contributed by atoms with Crippen LogP contribution < -0.4 is 0 Å². The van der Waals surface area contributed by atoms with Crippen molar-refractivity contribution in [3.05, 3.63) is 28.0 Å². The number of fused-ring (bicyclic) bond motifs is 1. The molecule has 4 heteroatoms. The normalized spacial score (nSPS) is 12.3. The van der Waals surface area contributed by atoms with E-state index in [2.05, 4.69) is 30.7 Å². The number of H-pyrrole nitrogens is 1. The Balaban J connectivity index is 2.65. The van der Waals surface area contributed by atoms with Gasteiger partial charge in [0.25, 0.3) is 0 Å². The maximum atomic E-state index is 6.11. The van der Waals surface area contributed by atoms with E-state index >= 15 is 0 Å². The summed E-state index contributed by atoms with van der Waals surface area (Å²) in [6, 6.07) is 3.56. The van der Waals surface area contributed by atoms with Crippen LogP contribution in [0.5, 0.6) is 0 Å². The van der Waals surface area contributed by atoms with E-state index < -0.39 is 0 Å². The molecular formula is C12H14Cl2N2. The van der Waals surface area contributed by atoms with Gasteiger partial charge in [-0.15, -0.1) is 0 Å². The first kappa shape index (κ1) is 11.7. The van der Waals surface area contributed by atoms with E-state index in [0.717, 1.165) is 23.3 Å². The summed E-state index contributed by atoms with van der Waals surface area (Å²) in [5, 5.41) is 1.23. The third-order valence-corrected chi connectivity index (χ3v) is 3.55. The molecule has 0 aliphatic heterocycles. The van der Waals surface area contributed by atoms with Crippen molar-refractivity contribution in [2.75, 3.05) is 0 Å². The van der Waals surface area contributed by atoms with Crippen molar-refractivity contribution in [2.45, 2.75) is 32.6 Å². The first-order valence-corrected chi connectivity index (χ1v) is 6.05. The van der Waals surface area contributed by atoms with Gasteiger partial charge in [0.05, 0.1) is 16.1 Å². The average Bonchev–Trinajstić information content (AvgIpc) is 2.62. The maximum Gasteiger partial charge on any atom is 0.112 e. The minimum atomic E-state index is 0.0226. The van der Waals surface area contributed by atoms with Gasteiger partial charge in [0.1, 0.15) is 5.82 Å². The average molecular weight is 257 g/mol. The number of hydrogen-bond donors (Lipinski definition) is 1. The van der Waals surface area contributed by atoms with Gasteiger partial charge < -0.3 is 4.98 Å². The van der Waals surface area contributed by atoms with Gasteiger partial charge in [-0.3, -0.25) is 0 Å². The zero-order valence-corrected chi connectivity index (χ0v) is 11.1. The molecule has 0 unspecified atom stereocenters. The van der Waals surface area contributed by atoms with Crippen molar-refractivity contribution < 1.29 is 0 Å². The van der Waals surface area contributed by atoms with Crippen LogP contribution in [0.1, 0.15) is 33.0 Å². The molecule has 0 fully saturated rings. The fraction of sp³-hybridized carbons (Fsp3) is 0.417. The van der Waals surface area contributed by atoms with E-state index in [1.54, 1.807) is 6.07 Å². The lowest BCUT2D eigenvalue weighted by atomic mass is 9.90. The second-order valence-electron chi connectivity index (χ2n) is 4.60. The van der Waals surface area contributed by atoms with E-state index in [0.29, 0.717) is 10.0 Å². The predicted molar refractivity (Wildman–Crippen MR) is 69.4 cm³/mol. The lowest BCUT2D eigenvalue weighted by Crippen LogP contribution is -2.17. The summed E-state index contributed by atoms with van der Waals surface area (Å²) in [6.45, 7) is 6.45. The van der Waals surface area contributed by atoms with Crippen molar-refractivity contribution in [2.24, 2.45) is 0 Å². The number of rotatable bonds is 2. The van der Waals surface area contributed by atoms with Crippen LogP contribution in [-0.2, 0) is 5.41 Å². The highest BCUT2D eigenvalue weighted by atomic mass is 35.5. The first-order chi connectivity index (χ1) is 7.44. The van der Waals surface area contributed by atoms with E-state index in [9.17, 15) is 0 Å². The third-order valence-electron chi connectivity index (χ3n) is 3.03. The molecule has 2 nitrogen and oxygen atoms in total. The number of imidazole rings is 1. The molecule has 16 heavy (non-hydrogen) atoms. The van der Waals surface area contributed by atoms with Crippen LogP contribution in [-0.4, -0.2) is 9.97 Å². The summed E-state index contributed by atoms with van der Waals surface area (Å²) < 4.78 is 0. The van der Waals surface area contributed by atoms with E-state index in [1.165, 1.54) is 0 Å². The van der Waals surface area contributed by atoms with E-state index in [1.807, 2.05) is 6.07 Å². The summed E-state index contributed by atoms with van der Waals surface area (Å²) in [5.41, 5.74) is 1.71. The summed E-state index contributed by atoms with van der Waals surface area (Å²) in [5.74, 6) is 0.953. The lowest BCUT2D eigenvalue weighted by molar-refractivity contribution is 0.479. The van der Waals surface area contributed by atoms with Crippen molar-refractivity contribution in [3.63, 3.8) is 0 Å². The largest absolute Gasteiger partial charge is 0.340 e. The zero-order valence-electron chi connectivity index (χ0n) is 9.56. The Hall–Kier alpha value is -0.730. The van der Waals surface area contributed by atoms with Crippen LogP contribution in [0.25, 0.3) is 11.0 Å². The molecule has 0 aliphatic carbocycles. The van der Waals surface area contributed by atoms with Crippen LogP contribution in [0.15, 0.2) is 12.1 Å². The lowest BCUT2D eigenvalue weighted by Gasteiger charge is -2.18. The van der Waals surface area contributed by atoms with Crippen molar-refractivity contribution >= 4 is 34.2 Å². The molecule has 2 aromatic rings. The Bertz CT molecular complexity index is 529.